The van der Waals surface area contributed by atoms with E-state index in [1.807, 2.05) is 44.2 Å². The average Bonchev–Trinajstić information content (AvgIpc) is 2.84. The molecule has 0 aliphatic heterocycles. The van der Waals surface area contributed by atoms with Crippen LogP contribution in [0.5, 0.6) is 5.75 Å². The van der Waals surface area contributed by atoms with Crippen molar-refractivity contribution in [2.24, 2.45) is 0 Å². The van der Waals surface area contributed by atoms with Gasteiger partial charge in [-0.1, -0.05) is 37.3 Å². The molecule has 1 N–H and O–H groups in total. The Hall–Kier alpha value is -3.07. The third-order valence-corrected chi connectivity index (χ3v) is 7.07. The Morgan fingerprint density at radius 3 is 2.20 bits per heavy atom. The molecule has 0 radical (unpaired) electrons. The van der Waals surface area contributed by atoms with Crippen molar-refractivity contribution in [3.8, 4) is 5.75 Å². The van der Waals surface area contributed by atoms with Crippen LogP contribution in [0.25, 0.3) is 0 Å². The van der Waals surface area contributed by atoms with Crippen LogP contribution >= 0.6 is 0 Å². The summed E-state index contributed by atoms with van der Waals surface area (Å²) < 4.78 is 31.2. The van der Waals surface area contributed by atoms with Gasteiger partial charge in [0.05, 0.1) is 19.1 Å². The zero-order valence-electron chi connectivity index (χ0n) is 21.2. The van der Waals surface area contributed by atoms with E-state index in [9.17, 15) is 18.0 Å². The van der Waals surface area contributed by atoms with Crippen LogP contribution in [0.1, 0.15) is 45.6 Å². The maximum absolute atomic E-state index is 13.3. The molecule has 2 aromatic carbocycles. The highest BCUT2D eigenvalue weighted by Crippen LogP contribution is 2.19. The van der Waals surface area contributed by atoms with Gasteiger partial charge in [0, 0.05) is 25.6 Å². The highest BCUT2D eigenvalue weighted by Gasteiger charge is 2.27. The second kappa shape index (κ2) is 13.1. The Labute approximate surface area is 209 Å². The summed E-state index contributed by atoms with van der Waals surface area (Å²) in [5, 5.41) is 2.94. The normalized spacial score (nSPS) is 12.9. The van der Waals surface area contributed by atoms with Crippen LogP contribution in [0.2, 0.25) is 0 Å². The summed E-state index contributed by atoms with van der Waals surface area (Å²) >= 11 is 0. The molecule has 35 heavy (non-hydrogen) atoms. The van der Waals surface area contributed by atoms with E-state index in [-0.39, 0.29) is 37.4 Å². The summed E-state index contributed by atoms with van der Waals surface area (Å²) in [6, 6.07) is 15.5. The predicted octanol–water partition coefficient (Wildman–Crippen LogP) is 3.57. The Bertz CT molecular complexity index is 1060. The molecule has 0 spiro atoms. The van der Waals surface area contributed by atoms with E-state index < -0.39 is 16.1 Å². The molecule has 0 saturated carbocycles. The molecular weight excluding hydrogens is 466 g/mol. The number of nitrogens with one attached hydrogen (secondary N) is 1. The molecule has 0 fully saturated rings. The summed E-state index contributed by atoms with van der Waals surface area (Å²) in [7, 11) is -1.92. The fraction of sp³-hybridized carbons (Fsp3) is 0.462. The first-order valence-corrected chi connectivity index (χ1v) is 13.7. The van der Waals surface area contributed by atoms with E-state index >= 15 is 0 Å². The van der Waals surface area contributed by atoms with Gasteiger partial charge in [-0.15, -0.1) is 0 Å². The monoisotopic (exact) mass is 503 g/mol. The molecule has 8 nitrogen and oxygen atoms in total. The van der Waals surface area contributed by atoms with Crippen LogP contribution in [0, 0.1) is 0 Å². The third-order valence-electron chi connectivity index (χ3n) is 5.88. The number of methoxy groups -OCH3 is 1. The Morgan fingerprint density at radius 2 is 1.66 bits per heavy atom. The standard InChI is InChI=1S/C26H37N3O5S/c1-6-20(2)27-26(31)21(3)28(19-22-14-16-24(34-4)17-15-22)25(30)13-10-18-29(35(5,32)33)23-11-8-7-9-12-23/h7-9,11-12,14-17,20-21H,6,10,13,18-19H2,1-5H3,(H,27,31). The fourth-order valence-electron chi connectivity index (χ4n) is 3.57. The minimum atomic E-state index is -3.51. The second-order valence-corrected chi connectivity index (χ2v) is 10.5. The van der Waals surface area contributed by atoms with Gasteiger partial charge in [0.15, 0.2) is 0 Å². The number of carbonyl (C=O) groups excluding carboxylic acids is 2. The van der Waals surface area contributed by atoms with E-state index in [4.69, 9.17) is 4.74 Å². The topological polar surface area (TPSA) is 96.0 Å². The number of carbonyl (C=O) groups is 2. The molecule has 192 valence electrons. The molecule has 0 bridgehead atoms. The molecule has 9 heteroatoms. The maximum Gasteiger partial charge on any atom is 0.242 e. The van der Waals surface area contributed by atoms with Crippen LogP contribution in [-0.4, -0.2) is 57.1 Å². The molecular formula is C26H37N3O5S. The minimum absolute atomic E-state index is 0.00270. The quantitative estimate of drug-likeness (QED) is 0.451. The summed E-state index contributed by atoms with van der Waals surface area (Å²) in [5.74, 6) is 0.272. The number of hydrogen-bond acceptors (Lipinski definition) is 5. The average molecular weight is 504 g/mol. The summed E-state index contributed by atoms with van der Waals surface area (Å²) in [4.78, 5) is 27.7. The third kappa shape index (κ3) is 8.58. The summed E-state index contributed by atoms with van der Waals surface area (Å²) in [6.07, 6.45) is 2.36. The lowest BCUT2D eigenvalue weighted by Crippen LogP contribution is -2.49. The molecule has 0 aliphatic carbocycles. The number of nitrogens with zero attached hydrogens (tertiary/aromatic N) is 2. The lowest BCUT2D eigenvalue weighted by atomic mass is 10.1. The van der Waals surface area contributed by atoms with Gasteiger partial charge in [0.25, 0.3) is 0 Å². The number of sulfonamides is 1. The summed E-state index contributed by atoms with van der Waals surface area (Å²) in [5.41, 5.74) is 1.42. The Kier molecular flexibility index (Phi) is 10.6. The van der Waals surface area contributed by atoms with E-state index in [0.29, 0.717) is 17.9 Å². The molecule has 0 heterocycles. The van der Waals surface area contributed by atoms with Crippen LogP contribution in [0.3, 0.4) is 0 Å². The molecule has 2 aromatic rings. The van der Waals surface area contributed by atoms with Crippen molar-refractivity contribution >= 4 is 27.5 Å². The SMILES string of the molecule is CCC(C)NC(=O)C(C)N(Cc1ccc(OC)cc1)C(=O)CCCN(c1ccccc1)S(C)(=O)=O. The zero-order chi connectivity index (χ0) is 26.0. The highest BCUT2D eigenvalue weighted by atomic mass is 32.2. The first-order chi connectivity index (χ1) is 16.6. The number of anilines is 1. The number of rotatable bonds is 13. The first-order valence-electron chi connectivity index (χ1n) is 11.8. The van der Waals surface area contributed by atoms with Gasteiger partial charge in [-0.25, -0.2) is 8.42 Å². The largest absolute Gasteiger partial charge is 0.497 e. The molecule has 0 saturated heterocycles. The Balaban J connectivity index is 2.16. The number of para-hydroxylation sites is 1. The van der Waals surface area contributed by atoms with E-state index in [2.05, 4.69) is 5.32 Å². The second-order valence-electron chi connectivity index (χ2n) is 8.64. The van der Waals surface area contributed by atoms with Gasteiger partial charge in [-0.2, -0.15) is 0 Å². The van der Waals surface area contributed by atoms with Gasteiger partial charge in [0.1, 0.15) is 11.8 Å². The van der Waals surface area contributed by atoms with Crippen LogP contribution in [0.15, 0.2) is 54.6 Å². The molecule has 2 unspecified atom stereocenters. The molecule has 2 amide bonds. The van der Waals surface area contributed by atoms with E-state index in [0.717, 1.165) is 18.2 Å². The number of hydrogen-bond donors (Lipinski definition) is 1. The number of ether oxygens (including phenoxy) is 1. The Morgan fingerprint density at radius 1 is 1.03 bits per heavy atom. The van der Waals surface area contributed by atoms with Gasteiger partial charge >= 0.3 is 0 Å². The van der Waals surface area contributed by atoms with Crippen molar-refractivity contribution in [3.63, 3.8) is 0 Å². The smallest absolute Gasteiger partial charge is 0.242 e. The zero-order valence-corrected chi connectivity index (χ0v) is 22.0. The van der Waals surface area contributed by atoms with Gasteiger partial charge < -0.3 is 15.0 Å². The summed E-state index contributed by atoms with van der Waals surface area (Å²) in [6.45, 7) is 6.04. The van der Waals surface area contributed by atoms with Crippen molar-refractivity contribution in [2.75, 3.05) is 24.2 Å². The van der Waals surface area contributed by atoms with Gasteiger partial charge in [-0.3, -0.25) is 13.9 Å². The maximum atomic E-state index is 13.3. The highest BCUT2D eigenvalue weighted by molar-refractivity contribution is 7.92. The number of benzene rings is 2. The molecule has 0 aromatic heterocycles. The van der Waals surface area contributed by atoms with E-state index in [1.54, 1.807) is 43.2 Å². The predicted molar refractivity (Wildman–Crippen MR) is 139 cm³/mol. The molecule has 2 rings (SSSR count). The van der Waals surface area contributed by atoms with Crippen molar-refractivity contribution in [1.82, 2.24) is 10.2 Å². The van der Waals surface area contributed by atoms with Crippen molar-refractivity contribution in [1.29, 1.82) is 0 Å². The molecule has 2 atom stereocenters. The van der Waals surface area contributed by atoms with Crippen LogP contribution in [-0.2, 0) is 26.2 Å². The van der Waals surface area contributed by atoms with Crippen molar-refractivity contribution < 1.29 is 22.7 Å². The number of amides is 2. The van der Waals surface area contributed by atoms with Crippen molar-refractivity contribution in [3.05, 3.63) is 60.2 Å². The fourth-order valence-corrected chi connectivity index (χ4v) is 4.54. The first kappa shape index (κ1) is 28.2. The van der Waals surface area contributed by atoms with Gasteiger partial charge in [0.2, 0.25) is 21.8 Å². The van der Waals surface area contributed by atoms with Crippen molar-refractivity contribution in [2.45, 2.75) is 58.7 Å². The van der Waals surface area contributed by atoms with E-state index in [1.165, 1.54) is 4.31 Å². The van der Waals surface area contributed by atoms with Crippen LogP contribution in [0.4, 0.5) is 5.69 Å². The minimum Gasteiger partial charge on any atom is -0.497 e. The van der Waals surface area contributed by atoms with Crippen LogP contribution < -0.4 is 14.4 Å². The lowest BCUT2D eigenvalue weighted by Gasteiger charge is -2.30. The van der Waals surface area contributed by atoms with Gasteiger partial charge in [-0.05, 0) is 56.5 Å². The molecule has 0 aliphatic rings. The lowest BCUT2D eigenvalue weighted by molar-refractivity contribution is -0.140.